The third-order valence-corrected chi connectivity index (χ3v) is 2.51. The molecule has 2 atom stereocenters. The third-order valence-electron chi connectivity index (χ3n) is 2.51. The van der Waals surface area contributed by atoms with Crippen LogP contribution in [0.15, 0.2) is 24.3 Å². The number of carbonyl (C=O) groups excluding carboxylic acids is 2. The summed E-state index contributed by atoms with van der Waals surface area (Å²) in [5, 5.41) is 24.8. The second kappa shape index (κ2) is 6.86. The predicted octanol–water partition coefficient (Wildman–Crippen LogP) is 0.175. The number of para-hydroxylation sites is 1. The summed E-state index contributed by atoms with van der Waals surface area (Å²) < 4.78 is 0. The van der Waals surface area contributed by atoms with Crippen LogP contribution >= 0.6 is 0 Å². The van der Waals surface area contributed by atoms with E-state index in [9.17, 15) is 19.8 Å². The molecule has 0 aromatic heterocycles. The fourth-order valence-corrected chi connectivity index (χ4v) is 1.63. The van der Waals surface area contributed by atoms with E-state index in [2.05, 4.69) is 10.6 Å². The average molecular weight is 266 g/mol. The van der Waals surface area contributed by atoms with Gasteiger partial charge in [-0.15, -0.1) is 0 Å². The summed E-state index contributed by atoms with van der Waals surface area (Å²) in [6, 6.07) is 6.63. The van der Waals surface area contributed by atoms with Crippen molar-refractivity contribution in [3.8, 4) is 0 Å². The van der Waals surface area contributed by atoms with Crippen molar-refractivity contribution in [2.75, 3.05) is 11.9 Å². The topological polar surface area (TPSA) is 98.7 Å². The van der Waals surface area contributed by atoms with Crippen molar-refractivity contribution in [2.45, 2.75) is 26.1 Å². The molecule has 0 saturated heterocycles. The summed E-state index contributed by atoms with van der Waals surface area (Å²) >= 11 is 0. The van der Waals surface area contributed by atoms with Crippen LogP contribution in [-0.2, 0) is 9.59 Å². The molecule has 0 aliphatic carbocycles. The molecular formula is C13H18N2O4. The van der Waals surface area contributed by atoms with Gasteiger partial charge < -0.3 is 20.8 Å². The second-order valence-electron chi connectivity index (χ2n) is 4.22. The highest BCUT2D eigenvalue weighted by Crippen LogP contribution is 2.25. The van der Waals surface area contributed by atoms with E-state index in [1.54, 1.807) is 24.3 Å². The van der Waals surface area contributed by atoms with Crippen molar-refractivity contribution in [1.29, 1.82) is 0 Å². The highest BCUT2D eigenvalue weighted by Gasteiger charge is 2.21. The molecule has 0 radical (unpaired) electrons. The molecule has 6 heteroatoms. The van der Waals surface area contributed by atoms with Crippen LogP contribution in [0.1, 0.15) is 25.5 Å². The Morgan fingerprint density at radius 3 is 2.37 bits per heavy atom. The molecule has 4 N–H and O–H groups in total. The lowest BCUT2D eigenvalue weighted by Crippen LogP contribution is -2.34. The summed E-state index contributed by atoms with van der Waals surface area (Å²) in [4.78, 5) is 21.8. The molecule has 19 heavy (non-hydrogen) atoms. The summed E-state index contributed by atoms with van der Waals surface area (Å²) in [6.07, 6.45) is -2.35. The van der Waals surface area contributed by atoms with E-state index in [0.29, 0.717) is 11.3 Å². The van der Waals surface area contributed by atoms with Crippen LogP contribution < -0.4 is 10.6 Å². The lowest BCUT2D eigenvalue weighted by atomic mass is 10.0. The zero-order valence-corrected chi connectivity index (χ0v) is 10.9. The van der Waals surface area contributed by atoms with Gasteiger partial charge in [0.15, 0.2) is 0 Å². The van der Waals surface area contributed by atoms with Gasteiger partial charge in [-0.3, -0.25) is 9.59 Å². The first-order valence-electron chi connectivity index (χ1n) is 5.89. The van der Waals surface area contributed by atoms with E-state index in [4.69, 9.17) is 0 Å². The molecule has 1 aromatic carbocycles. The molecule has 0 aliphatic rings. The van der Waals surface area contributed by atoms with Crippen LogP contribution in [0.2, 0.25) is 0 Å². The van der Waals surface area contributed by atoms with Crippen LogP contribution in [-0.4, -0.2) is 34.7 Å². The fraction of sp³-hybridized carbons (Fsp3) is 0.385. The Hall–Kier alpha value is -1.92. The number of aliphatic hydroxyl groups is 2. The number of hydrogen-bond acceptors (Lipinski definition) is 4. The molecule has 1 aromatic rings. The average Bonchev–Trinajstić information content (AvgIpc) is 2.35. The summed E-state index contributed by atoms with van der Waals surface area (Å²) in [6.45, 7) is 2.62. The molecule has 6 nitrogen and oxygen atoms in total. The molecule has 0 fully saturated rings. The minimum Gasteiger partial charge on any atom is -0.388 e. The fourth-order valence-electron chi connectivity index (χ4n) is 1.63. The number of aliphatic hydroxyl groups excluding tert-OH is 2. The molecule has 0 saturated carbocycles. The van der Waals surface area contributed by atoms with Gasteiger partial charge in [0.1, 0.15) is 12.2 Å². The van der Waals surface area contributed by atoms with E-state index in [1.807, 2.05) is 0 Å². The smallest absolute Gasteiger partial charge is 0.221 e. The summed E-state index contributed by atoms with van der Waals surface area (Å²) in [7, 11) is 0. The largest absolute Gasteiger partial charge is 0.388 e. The molecule has 0 bridgehead atoms. The maximum Gasteiger partial charge on any atom is 0.221 e. The number of carbonyl (C=O) groups is 2. The number of nitrogens with one attached hydrogen (secondary N) is 2. The van der Waals surface area contributed by atoms with Crippen molar-refractivity contribution < 1.29 is 19.8 Å². The molecule has 104 valence electrons. The Labute approximate surface area is 111 Å². The third kappa shape index (κ3) is 4.69. The van der Waals surface area contributed by atoms with Gasteiger partial charge in [0.2, 0.25) is 11.8 Å². The van der Waals surface area contributed by atoms with E-state index in [1.165, 1.54) is 13.8 Å². The standard InChI is InChI=1S/C13H18N2O4/c1-8(16)14-7-12(18)13(19)10-5-3-4-6-11(10)15-9(2)17/h3-6,12-13,18-19H,7H2,1-2H3,(H,14,16)(H,15,17). The molecule has 0 heterocycles. The van der Waals surface area contributed by atoms with Gasteiger partial charge in [0.05, 0.1) is 0 Å². The zero-order chi connectivity index (χ0) is 14.4. The van der Waals surface area contributed by atoms with Gasteiger partial charge in [-0.1, -0.05) is 18.2 Å². The first kappa shape index (κ1) is 15.1. The quantitative estimate of drug-likeness (QED) is 0.611. The number of rotatable bonds is 5. The van der Waals surface area contributed by atoms with Crippen molar-refractivity contribution in [3.63, 3.8) is 0 Å². The maximum atomic E-state index is 11.1. The molecule has 0 spiro atoms. The van der Waals surface area contributed by atoms with E-state index >= 15 is 0 Å². The molecule has 0 aliphatic heterocycles. The van der Waals surface area contributed by atoms with Gasteiger partial charge in [-0.25, -0.2) is 0 Å². The molecule has 2 amide bonds. The Kier molecular flexibility index (Phi) is 5.47. The lowest BCUT2D eigenvalue weighted by Gasteiger charge is -2.21. The predicted molar refractivity (Wildman–Crippen MR) is 70.4 cm³/mol. The van der Waals surface area contributed by atoms with Crippen LogP contribution in [0.4, 0.5) is 5.69 Å². The Morgan fingerprint density at radius 1 is 1.16 bits per heavy atom. The van der Waals surface area contributed by atoms with Crippen molar-refractivity contribution in [1.82, 2.24) is 5.32 Å². The van der Waals surface area contributed by atoms with Gasteiger partial charge in [0, 0.05) is 31.6 Å². The Morgan fingerprint density at radius 2 is 1.79 bits per heavy atom. The molecule has 2 unspecified atom stereocenters. The van der Waals surface area contributed by atoms with Crippen molar-refractivity contribution >= 4 is 17.5 Å². The SMILES string of the molecule is CC(=O)NCC(O)C(O)c1ccccc1NC(C)=O. The number of anilines is 1. The van der Waals surface area contributed by atoms with Crippen LogP contribution in [0.5, 0.6) is 0 Å². The van der Waals surface area contributed by atoms with E-state index in [-0.39, 0.29) is 18.4 Å². The first-order valence-corrected chi connectivity index (χ1v) is 5.89. The highest BCUT2D eigenvalue weighted by atomic mass is 16.3. The number of amides is 2. The van der Waals surface area contributed by atoms with Crippen molar-refractivity contribution in [3.05, 3.63) is 29.8 Å². The Bertz CT molecular complexity index is 462. The lowest BCUT2D eigenvalue weighted by molar-refractivity contribution is -0.119. The van der Waals surface area contributed by atoms with Crippen LogP contribution in [0, 0.1) is 0 Å². The van der Waals surface area contributed by atoms with E-state index in [0.717, 1.165) is 0 Å². The van der Waals surface area contributed by atoms with Gasteiger partial charge >= 0.3 is 0 Å². The normalized spacial score (nSPS) is 13.5. The summed E-state index contributed by atoms with van der Waals surface area (Å²) in [5.74, 6) is -0.558. The zero-order valence-electron chi connectivity index (χ0n) is 10.9. The number of benzene rings is 1. The summed E-state index contributed by atoms with van der Waals surface area (Å²) in [5.41, 5.74) is 0.833. The monoisotopic (exact) mass is 266 g/mol. The van der Waals surface area contributed by atoms with E-state index < -0.39 is 12.2 Å². The second-order valence-corrected chi connectivity index (χ2v) is 4.22. The Balaban J connectivity index is 2.83. The van der Waals surface area contributed by atoms with Crippen LogP contribution in [0.25, 0.3) is 0 Å². The molecular weight excluding hydrogens is 248 g/mol. The van der Waals surface area contributed by atoms with Gasteiger partial charge in [0.25, 0.3) is 0 Å². The highest BCUT2D eigenvalue weighted by molar-refractivity contribution is 5.89. The molecule has 1 rings (SSSR count). The maximum absolute atomic E-state index is 11.1. The minimum atomic E-state index is -1.20. The van der Waals surface area contributed by atoms with Crippen LogP contribution in [0.3, 0.4) is 0 Å². The number of hydrogen-bond donors (Lipinski definition) is 4. The first-order chi connectivity index (χ1) is 8.91. The minimum absolute atomic E-state index is 0.0646. The van der Waals surface area contributed by atoms with Gasteiger partial charge in [-0.2, -0.15) is 0 Å². The van der Waals surface area contributed by atoms with Gasteiger partial charge in [-0.05, 0) is 6.07 Å². The van der Waals surface area contributed by atoms with Crippen molar-refractivity contribution in [2.24, 2.45) is 0 Å².